The van der Waals surface area contributed by atoms with Gasteiger partial charge in [0.15, 0.2) is 11.6 Å². The van der Waals surface area contributed by atoms with Crippen molar-refractivity contribution in [2.45, 2.75) is 6.92 Å². The summed E-state index contributed by atoms with van der Waals surface area (Å²) >= 11 is 0. The van der Waals surface area contributed by atoms with Crippen LogP contribution in [0, 0.1) is 0 Å². The lowest BCUT2D eigenvalue weighted by molar-refractivity contribution is 0.669. The fraction of sp³-hybridized carbons (Fsp3) is 0.0217. The first kappa shape index (κ1) is 29.8. The molecule has 0 saturated heterocycles. The molecule has 0 aliphatic heterocycles. The highest BCUT2D eigenvalue weighted by molar-refractivity contribution is 6.19. The fourth-order valence-electron chi connectivity index (χ4n) is 7.60. The van der Waals surface area contributed by atoms with E-state index in [-0.39, 0.29) is 0 Å². The number of furan rings is 1. The van der Waals surface area contributed by atoms with Crippen LogP contribution in [-0.4, -0.2) is 24.1 Å². The Morgan fingerprint density at radius 2 is 1.13 bits per heavy atom. The first-order valence-electron chi connectivity index (χ1n) is 17.4. The van der Waals surface area contributed by atoms with Gasteiger partial charge < -0.3 is 8.98 Å². The van der Waals surface area contributed by atoms with E-state index in [2.05, 4.69) is 95.5 Å². The van der Waals surface area contributed by atoms with E-state index in [1.807, 2.05) is 84.9 Å². The molecule has 0 N–H and O–H groups in total. The molecule has 0 aliphatic rings. The summed E-state index contributed by atoms with van der Waals surface area (Å²) in [6, 6.07) is 47.9. The minimum absolute atomic E-state index is 0.539. The first-order valence-corrected chi connectivity index (χ1v) is 17.4. The SMILES string of the molecule is C=C/C=c1\c(=C/C)c2cc3c4cc5oc6ccccc6c5cc4n(-c4nc(-c5ccccc5)nc(-c5ccccc5)n4)c3cc2n1-c1ccccc1. The molecule has 246 valence electrons. The molecule has 6 nitrogen and oxygen atoms in total. The molecule has 4 heterocycles. The van der Waals surface area contributed by atoms with E-state index in [1.54, 1.807) is 0 Å². The summed E-state index contributed by atoms with van der Waals surface area (Å²) in [5.74, 6) is 1.75. The van der Waals surface area contributed by atoms with E-state index in [9.17, 15) is 0 Å². The molecule has 0 fully saturated rings. The third-order valence-electron chi connectivity index (χ3n) is 9.90. The van der Waals surface area contributed by atoms with Crippen LogP contribution in [0.25, 0.3) is 101 Å². The van der Waals surface area contributed by atoms with Crippen LogP contribution >= 0.6 is 0 Å². The largest absolute Gasteiger partial charge is 0.456 e. The number of nitrogens with zero attached hydrogens (tertiary/aromatic N) is 5. The Labute approximate surface area is 298 Å². The van der Waals surface area contributed by atoms with Gasteiger partial charge in [0, 0.05) is 49.0 Å². The van der Waals surface area contributed by atoms with E-state index < -0.39 is 0 Å². The predicted octanol–water partition coefficient (Wildman–Crippen LogP) is 9.91. The predicted molar refractivity (Wildman–Crippen MR) is 213 cm³/mol. The summed E-state index contributed by atoms with van der Waals surface area (Å²) in [5, 5.41) is 7.58. The lowest BCUT2D eigenvalue weighted by Crippen LogP contribution is -2.27. The molecule has 6 heteroatoms. The highest BCUT2D eigenvalue weighted by Gasteiger charge is 2.22. The van der Waals surface area contributed by atoms with Crippen LogP contribution < -0.4 is 10.6 Å². The van der Waals surface area contributed by atoms with Crippen molar-refractivity contribution >= 4 is 66.8 Å². The normalized spacial score (nSPS) is 12.6. The molecule has 0 bridgehead atoms. The molecule has 0 unspecified atom stereocenters. The van der Waals surface area contributed by atoms with Crippen molar-refractivity contribution < 1.29 is 4.42 Å². The number of fused-ring (bicyclic) bond motifs is 7. The average molecular weight is 670 g/mol. The molecule has 0 radical (unpaired) electrons. The van der Waals surface area contributed by atoms with Crippen molar-refractivity contribution in [3.8, 4) is 34.4 Å². The fourth-order valence-corrected chi connectivity index (χ4v) is 7.60. The Balaban J connectivity index is 1.40. The van der Waals surface area contributed by atoms with Gasteiger partial charge in [0.2, 0.25) is 5.95 Å². The summed E-state index contributed by atoms with van der Waals surface area (Å²) in [7, 11) is 0. The Hall–Kier alpha value is -7.05. The van der Waals surface area contributed by atoms with Crippen LogP contribution in [0.3, 0.4) is 0 Å². The number of benzene rings is 6. The minimum Gasteiger partial charge on any atom is -0.456 e. The summed E-state index contributed by atoms with van der Waals surface area (Å²) < 4.78 is 11.0. The maximum atomic E-state index is 6.45. The van der Waals surface area contributed by atoms with Gasteiger partial charge in [-0.3, -0.25) is 4.57 Å². The van der Waals surface area contributed by atoms with Gasteiger partial charge in [-0.05, 0) is 55.5 Å². The molecule has 52 heavy (non-hydrogen) atoms. The number of para-hydroxylation sites is 2. The van der Waals surface area contributed by atoms with Crippen molar-refractivity contribution in [1.29, 1.82) is 0 Å². The number of rotatable bonds is 5. The van der Waals surface area contributed by atoms with E-state index in [4.69, 9.17) is 19.4 Å². The topological polar surface area (TPSA) is 61.7 Å². The quantitative estimate of drug-likeness (QED) is 0.183. The van der Waals surface area contributed by atoms with E-state index in [0.717, 1.165) is 82.0 Å². The van der Waals surface area contributed by atoms with Crippen LogP contribution in [0.5, 0.6) is 0 Å². The van der Waals surface area contributed by atoms with Gasteiger partial charge in [0.05, 0.1) is 21.9 Å². The number of hydrogen-bond acceptors (Lipinski definition) is 4. The number of aromatic nitrogens is 5. The molecule has 10 aromatic rings. The molecule has 0 saturated carbocycles. The van der Waals surface area contributed by atoms with Crippen molar-refractivity contribution in [2.24, 2.45) is 0 Å². The van der Waals surface area contributed by atoms with E-state index in [0.29, 0.717) is 17.6 Å². The highest BCUT2D eigenvalue weighted by atomic mass is 16.3. The smallest absolute Gasteiger partial charge is 0.238 e. The van der Waals surface area contributed by atoms with Crippen LogP contribution in [0.2, 0.25) is 0 Å². The van der Waals surface area contributed by atoms with E-state index in [1.165, 1.54) is 0 Å². The monoisotopic (exact) mass is 669 g/mol. The molecule has 0 amide bonds. The third kappa shape index (κ3) is 4.55. The Kier molecular flexibility index (Phi) is 6.76. The summed E-state index contributed by atoms with van der Waals surface area (Å²) in [6.45, 7) is 6.16. The lowest BCUT2D eigenvalue weighted by Gasteiger charge is -2.11. The molecule has 0 atom stereocenters. The second kappa shape index (κ2) is 11.8. The molecule has 4 aromatic heterocycles. The van der Waals surface area contributed by atoms with Gasteiger partial charge >= 0.3 is 0 Å². The summed E-state index contributed by atoms with van der Waals surface area (Å²) in [5.41, 5.74) is 7.62. The molecule has 0 spiro atoms. The van der Waals surface area contributed by atoms with Gasteiger partial charge in [-0.1, -0.05) is 116 Å². The highest BCUT2D eigenvalue weighted by Crippen LogP contribution is 2.39. The molecular weight excluding hydrogens is 639 g/mol. The molecular formula is C46H31N5O. The lowest BCUT2D eigenvalue weighted by atomic mass is 10.1. The van der Waals surface area contributed by atoms with Crippen molar-refractivity contribution in [1.82, 2.24) is 24.1 Å². The van der Waals surface area contributed by atoms with Crippen LogP contribution in [0.1, 0.15) is 6.92 Å². The minimum atomic E-state index is 0.539. The second-order valence-corrected chi connectivity index (χ2v) is 12.9. The van der Waals surface area contributed by atoms with Crippen molar-refractivity contribution in [3.05, 3.63) is 163 Å². The zero-order chi connectivity index (χ0) is 34.8. The third-order valence-corrected chi connectivity index (χ3v) is 9.90. The standard InChI is InChI=1S/C46H31N5O/c1-3-16-38-32(4-2)34-25-35-36-27-43-37(33-23-14-15-24-42(33)52-43)26-39(36)51(41(35)28-40(34)50(38)31-21-12-7-13-22-31)46-48-44(29-17-8-5-9-18-29)47-45(49-46)30-19-10-6-11-20-30/h3-28H,1H2,2H3/b32-4-,38-16+. The van der Waals surface area contributed by atoms with Crippen LogP contribution in [-0.2, 0) is 0 Å². The van der Waals surface area contributed by atoms with Gasteiger partial charge in [-0.2, -0.15) is 9.97 Å². The van der Waals surface area contributed by atoms with Gasteiger partial charge in [0.25, 0.3) is 0 Å². The molecule has 6 aromatic carbocycles. The second-order valence-electron chi connectivity index (χ2n) is 12.9. The Bertz CT molecular complexity index is 3080. The average Bonchev–Trinajstić information content (AvgIpc) is 3.83. The maximum absolute atomic E-state index is 6.45. The van der Waals surface area contributed by atoms with Crippen LogP contribution in [0.4, 0.5) is 0 Å². The van der Waals surface area contributed by atoms with Crippen molar-refractivity contribution in [3.63, 3.8) is 0 Å². The van der Waals surface area contributed by atoms with Crippen LogP contribution in [0.15, 0.2) is 157 Å². The number of hydrogen-bond donors (Lipinski definition) is 0. The molecule has 0 aliphatic carbocycles. The maximum Gasteiger partial charge on any atom is 0.238 e. The number of allylic oxidation sites excluding steroid dienone is 1. The van der Waals surface area contributed by atoms with Gasteiger partial charge in [-0.25, -0.2) is 4.98 Å². The summed E-state index contributed by atoms with van der Waals surface area (Å²) in [4.78, 5) is 15.4. The zero-order valence-electron chi connectivity index (χ0n) is 28.4. The Morgan fingerprint density at radius 1 is 0.538 bits per heavy atom. The summed E-state index contributed by atoms with van der Waals surface area (Å²) in [6.07, 6.45) is 6.13. The van der Waals surface area contributed by atoms with E-state index >= 15 is 0 Å². The zero-order valence-corrected chi connectivity index (χ0v) is 28.4. The first-order chi connectivity index (χ1) is 25.7. The molecule has 10 rings (SSSR count). The van der Waals surface area contributed by atoms with Gasteiger partial charge in [-0.15, -0.1) is 0 Å². The van der Waals surface area contributed by atoms with Gasteiger partial charge in [0.1, 0.15) is 11.2 Å². The Morgan fingerprint density at radius 3 is 1.81 bits per heavy atom. The van der Waals surface area contributed by atoms with Crippen molar-refractivity contribution in [2.75, 3.05) is 0 Å².